The van der Waals surface area contributed by atoms with Gasteiger partial charge in [-0.15, -0.1) is 0 Å². The zero-order chi connectivity index (χ0) is 15.5. The average molecular weight is 359 g/mol. The van der Waals surface area contributed by atoms with Crippen LogP contribution in [0.25, 0.3) is 0 Å². The van der Waals surface area contributed by atoms with Crippen LogP contribution in [0.2, 0.25) is 0 Å². The van der Waals surface area contributed by atoms with Crippen LogP contribution < -0.4 is 4.74 Å². The summed E-state index contributed by atoms with van der Waals surface area (Å²) in [4.78, 5) is 10.9. The van der Waals surface area contributed by atoms with Crippen LogP contribution in [0.1, 0.15) is 21.5 Å². The lowest BCUT2D eigenvalue weighted by molar-refractivity contribution is -0.137. The van der Waals surface area contributed by atoms with Crippen molar-refractivity contribution in [1.82, 2.24) is 0 Å². The van der Waals surface area contributed by atoms with E-state index < -0.39 is 11.7 Å². The molecule has 0 saturated heterocycles. The van der Waals surface area contributed by atoms with Crippen LogP contribution in [0.4, 0.5) is 13.2 Å². The minimum atomic E-state index is -4.39. The third-order valence-corrected chi connectivity index (χ3v) is 3.39. The lowest BCUT2D eigenvalue weighted by Gasteiger charge is -2.12. The van der Waals surface area contributed by atoms with Gasteiger partial charge in [0.15, 0.2) is 6.29 Å². The largest absolute Gasteiger partial charge is 0.487 e. The van der Waals surface area contributed by atoms with Gasteiger partial charge in [-0.25, -0.2) is 0 Å². The molecule has 0 aliphatic carbocycles. The molecule has 0 unspecified atom stereocenters. The number of carbonyl (C=O) groups excluding carboxylic acids is 1. The normalized spacial score (nSPS) is 11.2. The average Bonchev–Trinajstić information content (AvgIpc) is 2.45. The van der Waals surface area contributed by atoms with Crippen LogP contribution in [0.5, 0.6) is 5.75 Å². The molecule has 0 bridgehead atoms. The molecule has 2 rings (SSSR count). The van der Waals surface area contributed by atoms with Crippen molar-refractivity contribution >= 4 is 22.2 Å². The molecule has 0 N–H and O–H groups in total. The number of hydrogen-bond donors (Lipinski definition) is 0. The molecule has 110 valence electrons. The summed E-state index contributed by atoms with van der Waals surface area (Å²) < 4.78 is 43.9. The lowest BCUT2D eigenvalue weighted by Crippen LogP contribution is -2.06. The number of carbonyl (C=O) groups is 1. The van der Waals surface area contributed by atoms with Crippen molar-refractivity contribution in [3.63, 3.8) is 0 Å². The molecule has 0 fully saturated rings. The number of benzene rings is 2. The minimum absolute atomic E-state index is 0.0621. The maximum atomic E-state index is 12.6. The molecule has 0 aromatic heterocycles. The van der Waals surface area contributed by atoms with Crippen molar-refractivity contribution < 1.29 is 22.7 Å². The summed E-state index contributed by atoms with van der Waals surface area (Å²) in [6, 6.07) is 9.81. The highest BCUT2D eigenvalue weighted by molar-refractivity contribution is 9.10. The molecular weight excluding hydrogens is 349 g/mol. The first kappa shape index (κ1) is 15.6. The van der Waals surface area contributed by atoms with E-state index in [1.54, 1.807) is 18.2 Å². The van der Waals surface area contributed by atoms with Gasteiger partial charge in [0.05, 0.1) is 15.6 Å². The second-order valence-corrected chi connectivity index (χ2v) is 5.12. The van der Waals surface area contributed by atoms with E-state index in [9.17, 15) is 18.0 Å². The Morgan fingerprint density at radius 3 is 2.52 bits per heavy atom. The Hall–Kier alpha value is -1.82. The topological polar surface area (TPSA) is 26.3 Å². The molecule has 0 heterocycles. The van der Waals surface area contributed by atoms with Crippen molar-refractivity contribution in [2.24, 2.45) is 0 Å². The predicted molar refractivity (Wildman–Crippen MR) is 75.3 cm³/mol. The van der Waals surface area contributed by atoms with Gasteiger partial charge in [-0.1, -0.05) is 18.2 Å². The summed E-state index contributed by atoms with van der Waals surface area (Å²) in [6.07, 6.45) is -3.76. The van der Waals surface area contributed by atoms with Crippen molar-refractivity contribution in [2.45, 2.75) is 12.8 Å². The molecule has 0 aliphatic heterocycles. The maximum Gasteiger partial charge on any atom is 0.416 e. The fourth-order valence-corrected chi connectivity index (χ4v) is 2.26. The molecule has 21 heavy (non-hydrogen) atoms. The summed E-state index contributed by atoms with van der Waals surface area (Å²) in [7, 11) is 0. The van der Waals surface area contributed by atoms with E-state index in [0.29, 0.717) is 27.6 Å². The monoisotopic (exact) mass is 358 g/mol. The number of para-hydroxylation sites is 1. The zero-order valence-corrected chi connectivity index (χ0v) is 12.2. The van der Waals surface area contributed by atoms with E-state index in [2.05, 4.69) is 15.9 Å². The molecule has 0 radical (unpaired) electrons. The Bertz CT molecular complexity index is 654. The van der Waals surface area contributed by atoms with E-state index >= 15 is 0 Å². The fraction of sp³-hybridized carbons (Fsp3) is 0.133. The lowest BCUT2D eigenvalue weighted by atomic mass is 10.1. The number of rotatable bonds is 4. The van der Waals surface area contributed by atoms with Crippen LogP contribution in [0.3, 0.4) is 0 Å². The summed E-state index contributed by atoms with van der Waals surface area (Å²) in [5.74, 6) is 0.310. The van der Waals surface area contributed by atoms with Crippen molar-refractivity contribution in [1.29, 1.82) is 0 Å². The molecule has 0 atom stereocenters. The second-order valence-electron chi connectivity index (χ2n) is 4.26. The van der Waals surface area contributed by atoms with Crippen molar-refractivity contribution in [2.75, 3.05) is 0 Å². The van der Waals surface area contributed by atoms with Crippen LogP contribution in [0.15, 0.2) is 46.9 Å². The number of alkyl halides is 3. The Morgan fingerprint density at radius 2 is 1.86 bits per heavy atom. The van der Waals surface area contributed by atoms with Gasteiger partial charge in [-0.05, 0) is 45.8 Å². The van der Waals surface area contributed by atoms with Gasteiger partial charge in [0, 0.05) is 0 Å². The van der Waals surface area contributed by atoms with Crippen LogP contribution in [-0.4, -0.2) is 6.29 Å². The zero-order valence-electron chi connectivity index (χ0n) is 10.7. The highest BCUT2D eigenvalue weighted by atomic mass is 79.9. The van der Waals surface area contributed by atoms with Gasteiger partial charge in [-0.3, -0.25) is 4.79 Å². The summed E-state index contributed by atoms with van der Waals surface area (Å²) in [5.41, 5.74) is -0.0277. The molecular formula is C15H10BrF3O2. The van der Waals surface area contributed by atoms with Crippen LogP contribution in [0, 0.1) is 0 Å². The Kier molecular flexibility index (Phi) is 4.67. The Balaban J connectivity index is 2.19. The Morgan fingerprint density at radius 1 is 1.14 bits per heavy atom. The summed E-state index contributed by atoms with van der Waals surface area (Å²) in [6.45, 7) is -0.0621. The van der Waals surface area contributed by atoms with E-state index in [1.165, 1.54) is 12.1 Å². The quantitative estimate of drug-likeness (QED) is 0.729. The van der Waals surface area contributed by atoms with E-state index in [4.69, 9.17) is 4.74 Å². The maximum absolute atomic E-state index is 12.6. The van der Waals surface area contributed by atoms with Crippen LogP contribution in [-0.2, 0) is 12.8 Å². The summed E-state index contributed by atoms with van der Waals surface area (Å²) in [5, 5.41) is 0. The SMILES string of the molecule is O=Cc1cccc(Br)c1OCc1cccc(C(F)(F)F)c1. The molecule has 2 nitrogen and oxygen atoms in total. The van der Waals surface area contributed by atoms with E-state index in [1.807, 2.05) is 0 Å². The highest BCUT2D eigenvalue weighted by Gasteiger charge is 2.30. The molecule has 2 aromatic carbocycles. The van der Waals surface area contributed by atoms with Gasteiger partial charge in [0.1, 0.15) is 12.4 Å². The Labute approximate surface area is 127 Å². The van der Waals surface area contributed by atoms with E-state index in [0.717, 1.165) is 12.1 Å². The number of ether oxygens (including phenoxy) is 1. The second kappa shape index (κ2) is 6.30. The molecule has 2 aromatic rings. The van der Waals surface area contributed by atoms with Crippen LogP contribution >= 0.6 is 15.9 Å². The van der Waals surface area contributed by atoms with Crippen molar-refractivity contribution in [3.8, 4) is 5.75 Å². The molecule has 6 heteroatoms. The van der Waals surface area contributed by atoms with Gasteiger partial charge >= 0.3 is 6.18 Å². The van der Waals surface area contributed by atoms with E-state index in [-0.39, 0.29) is 6.61 Å². The predicted octanol–water partition coefficient (Wildman–Crippen LogP) is 4.86. The van der Waals surface area contributed by atoms with Gasteiger partial charge in [-0.2, -0.15) is 13.2 Å². The first-order chi connectivity index (χ1) is 9.91. The number of hydrogen-bond acceptors (Lipinski definition) is 2. The highest BCUT2D eigenvalue weighted by Crippen LogP contribution is 2.31. The third-order valence-electron chi connectivity index (χ3n) is 2.76. The van der Waals surface area contributed by atoms with Gasteiger partial charge in [0.2, 0.25) is 0 Å². The first-order valence-corrected chi connectivity index (χ1v) is 6.74. The number of halogens is 4. The molecule has 0 aliphatic rings. The number of aldehydes is 1. The molecule has 0 saturated carbocycles. The minimum Gasteiger partial charge on any atom is -0.487 e. The third kappa shape index (κ3) is 3.85. The molecule has 0 spiro atoms. The van der Waals surface area contributed by atoms with Gasteiger partial charge in [0.25, 0.3) is 0 Å². The first-order valence-electron chi connectivity index (χ1n) is 5.94. The van der Waals surface area contributed by atoms with Gasteiger partial charge < -0.3 is 4.74 Å². The fourth-order valence-electron chi connectivity index (χ4n) is 1.76. The van der Waals surface area contributed by atoms with Crippen molar-refractivity contribution in [3.05, 3.63) is 63.6 Å². The summed E-state index contributed by atoms with van der Waals surface area (Å²) >= 11 is 3.24. The molecule has 0 amide bonds. The smallest absolute Gasteiger partial charge is 0.416 e. The standard InChI is InChI=1S/C15H10BrF3O2/c16-13-6-2-4-11(8-20)14(13)21-9-10-3-1-5-12(7-10)15(17,18)19/h1-8H,9H2.